The van der Waals surface area contributed by atoms with Gasteiger partial charge in [-0.1, -0.05) is 115 Å². The van der Waals surface area contributed by atoms with Gasteiger partial charge in [0, 0.05) is 47.6 Å². The maximum absolute atomic E-state index is 7.06. The molecule has 4 nitrogen and oxygen atoms in total. The molecule has 0 fully saturated rings. The summed E-state index contributed by atoms with van der Waals surface area (Å²) in [5, 5.41) is 4.94. The second-order valence-electron chi connectivity index (χ2n) is 11.0. The zero-order chi connectivity index (χ0) is 29.9. The van der Waals surface area contributed by atoms with E-state index in [2.05, 4.69) is 78.9 Å². The van der Waals surface area contributed by atoms with Crippen molar-refractivity contribution in [1.82, 2.24) is 15.0 Å². The second kappa shape index (κ2) is 10.4. The van der Waals surface area contributed by atoms with E-state index in [1.807, 2.05) is 54.6 Å². The minimum atomic E-state index is 0.478. The molecule has 0 saturated carbocycles. The molecule has 6 heteroatoms. The number of aromatic nitrogens is 3. The number of hydrogen-bond acceptors (Lipinski definition) is 5. The Morgan fingerprint density at radius 3 is 1.91 bits per heavy atom. The van der Waals surface area contributed by atoms with Crippen molar-refractivity contribution in [2.24, 2.45) is 0 Å². The Kier molecular flexibility index (Phi) is 6.01. The van der Waals surface area contributed by atoms with Gasteiger partial charge in [0.2, 0.25) is 0 Å². The van der Waals surface area contributed by atoms with Gasteiger partial charge in [-0.25, -0.2) is 15.0 Å². The van der Waals surface area contributed by atoms with E-state index >= 15 is 0 Å². The number of halogens is 1. The average molecular weight is 616 g/mol. The van der Waals surface area contributed by atoms with Crippen molar-refractivity contribution in [2.45, 2.75) is 0 Å². The summed E-state index contributed by atoms with van der Waals surface area (Å²) in [4.78, 5) is 15.0. The van der Waals surface area contributed by atoms with Crippen molar-refractivity contribution in [3.8, 4) is 45.3 Å². The van der Waals surface area contributed by atoms with Crippen LogP contribution < -0.4 is 0 Å². The highest BCUT2D eigenvalue weighted by Gasteiger charge is 2.19. The molecule has 0 aliphatic heterocycles. The summed E-state index contributed by atoms with van der Waals surface area (Å²) in [6, 6.07) is 45.5. The first kappa shape index (κ1) is 26.1. The summed E-state index contributed by atoms with van der Waals surface area (Å²) < 4.78 is 8.65. The summed E-state index contributed by atoms with van der Waals surface area (Å²) in [5.74, 6) is 1.65. The van der Waals surface area contributed by atoms with Gasteiger partial charge in [0.25, 0.3) is 0 Å². The molecule has 0 atom stereocenters. The molecule has 0 radical (unpaired) electrons. The highest BCUT2D eigenvalue weighted by atomic mass is 35.5. The van der Waals surface area contributed by atoms with Crippen LogP contribution in [0.2, 0.25) is 5.02 Å². The van der Waals surface area contributed by atoms with Crippen LogP contribution in [0.15, 0.2) is 138 Å². The van der Waals surface area contributed by atoms with Crippen LogP contribution in [0.1, 0.15) is 0 Å². The predicted octanol–water partition coefficient (Wildman–Crippen LogP) is 11.5. The molecule has 0 aliphatic rings. The van der Waals surface area contributed by atoms with Crippen LogP contribution in [-0.4, -0.2) is 15.0 Å². The number of benzene rings is 6. The molecule has 6 aromatic carbocycles. The molecular formula is C39H22ClN3OS. The summed E-state index contributed by atoms with van der Waals surface area (Å²) in [6.45, 7) is 0. The largest absolute Gasteiger partial charge is 0.454 e. The monoisotopic (exact) mass is 615 g/mol. The number of furan rings is 1. The highest BCUT2D eigenvalue weighted by Crippen LogP contribution is 2.40. The van der Waals surface area contributed by atoms with E-state index in [-0.39, 0.29) is 0 Å². The summed E-state index contributed by atoms with van der Waals surface area (Å²) in [5.41, 5.74) is 6.20. The minimum absolute atomic E-state index is 0.478. The molecular weight excluding hydrogens is 594 g/mol. The number of hydrogen-bond donors (Lipinski definition) is 0. The van der Waals surface area contributed by atoms with Crippen LogP contribution in [0.4, 0.5) is 0 Å². The first-order valence-corrected chi connectivity index (χ1v) is 15.8. The van der Waals surface area contributed by atoms with E-state index in [9.17, 15) is 0 Å². The lowest BCUT2D eigenvalue weighted by Gasteiger charge is -2.10. The summed E-state index contributed by atoms with van der Waals surface area (Å²) in [7, 11) is 0. The molecule has 9 aromatic rings. The minimum Gasteiger partial charge on any atom is -0.454 e. The topological polar surface area (TPSA) is 51.8 Å². The molecule has 9 rings (SSSR count). The number of para-hydroxylation sites is 1. The van der Waals surface area contributed by atoms with E-state index in [1.165, 1.54) is 20.2 Å². The fraction of sp³-hybridized carbons (Fsp3) is 0. The third-order valence-electron chi connectivity index (χ3n) is 8.25. The van der Waals surface area contributed by atoms with Gasteiger partial charge < -0.3 is 4.42 Å². The Balaban J connectivity index is 1.23. The fourth-order valence-electron chi connectivity index (χ4n) is 5.99. The van der Waals surface area contributed by atoms with Crippen molar-refractivity contribution >= 4 is 65.0 Å². The zero-order valence-electron chi connectivity index (χ0n) is 23.7. The lowest BCUT2D eigenvalue weighted by Crippen LogP contribution is -2.00. The van der Waals surface area contributed by atoms with E-state index in [0.29, 0.717) is 33.6 Å². The van der Waals surface area contributed by atoms with Crippen molar-refractivity contribution in [2.75, 3.05) is 0 Å². The number of nitrogens with zero attached hydrogens (tertiary/aromatic N) is 3. The van der Waals surface area contributed by atoms with E-state index in [1.54, 1.807) is 11.3 Å². The van der Waals surface area contributed by atoms with Crippen LogP contribution in [0.3, 0.4) is 0 Å². The maximum Gasteiger partial charge on any atom is 0.165 e. The van der Waals surface area contributed by atoms with Gasteiger partial charge in [-0.15, -0.1) is 11.3 Å². The van der Waals surface area contributed by atoms with Crippen molar-refractivity contribution in [3.05, 3.63) is 138 Å². The van der Waals surface area contributed by atoms with Gasteiger partial charge in [0.05, 0.1) is 5.02 Å². The molecule has 0 saturated heterocycles. The van der Waals surface area contributed by atoms with Crippen LogP contribution in [0.25, 0.3) is 87.4 Å². The Hall–Kier alpha value is -5.36. The molecule has 212 valence electrons. The third-order valence-corrected chi connectivity index (χ3v) is 9.76. The summed E-state index contributed by atoms with van der Waals surface area (Å²) in [6.07, 6.45) is 0. The Morgan fingerprint density at radius 1 is 0.467 bits per heavy atom. The lowest BCUT2D eigenvalue weighted by atomic mass is 10.0. The van der Waals surface area contributed by atoms with Crippen molar-refractivity contribution in [3.63, 3.8) is 0 Å². The predicted molar refractivity (Wildman–Crippen MR) is 187 cm³/mol. The Labute approximate surface area is 267 Å². The number of rotatable bonds is 4. The van der Waals surface area contributed by atoms with Crippen LogP contribution in [0, 0.1) is 0 Å². The van der Waals surface area contributed by atoms with E-state index < -0.39 is 0 Å². The molecule has 0 spiro atoms. The van der Waals surface area contributed by atoms with Gasteiger partial charge in [-0.3, -0.25) is 0 Å². The van der Waals surface area contributed by atoms with E-state index in [0.717, 1.165) is 38.6 Å². The Morgan fingerprint density at radius 2 is 1.07 bits per heavy atom. The third kappa shape index (κ3) is 4.40. The van der Waals surface area contributed by atoms with Gasteiger partial charge in [-0.2, -0.15) is 0 Å². The molecule has 45 heavy (non-hydrogen) atoms. The highest BCUT2D eigenvalue weighted by molar-refractivity contribution is 7.25. The van der Waals surface area contributed by atoms with Gasteiger partial charge in [0.1, 0.15) is 5.58 Å². The normalized spacial score (nSPS) is 11.7. The summed E-state index contributed by atoms with van der Waals surface area (Å²) >= 11 is 8.84. The first-order chi connectivity index (χ1) is 22.2. The fourth-order valence-corrected chi connectivity index (χ4v) is 7.42. The van der Waals surface area contributed by atoms with Gasteiger partial charge in [-0.05, 0) is 41.5 Å². The molecule has 3 heterocycles. The quantitative estimate of drug-likeness (QED) is 0.198. The van der Waals surface area contributed by atoms with Gasteiger partial charge in [0.15, 0.2) is 23.1 Å². The molecule has 3 aromatic heterocycles. The SMILES string of the molecule is Clc1c(-c2nc(-c3ccc(-c4ccccc4)cc3)nc(-c3ccc4c(c3)sc3ccccc34)n2)ccc2c1oc1ccccc12. The average Bonchev–Trinajstić information content (AvgIpc) is 3.67. The van der Waals surface area contributed by atoms with Crippen molar-refractivity contribution < 1.29 is 4.42 Å². The van der Waals surface area contributed by atoms with E-state index in [4.69, 9.17) is 31.0 Å². The van der Waals surface area contributed by atoms with Crippen LogP contribution >= 0.6 is 22.9 Å². The Bertz CT molecular complexity index is 2550. The molecule has 0 aliphatic carbocycles. The standard InChI is InChI=1S/C39H22ClN3OS/c40-35-31(21-20-30-27-10-4-6-12-32(27)44-36(30)35)39-42-37(25-16-14-24(15-17-25)23-8-2-1-3-9-23)41-38(43-39)26-18-19-29-28-11-5-7-13-33(28)45-34(29)22-26/h1-22H. The van der Waals surface area contributed by atoms with Gasteiger partial charge >= 0.3 is 0 Å². The molecule has 0 amide bonds. The van der Waals surface area contributed by atoms with Crippen molar-refractivity contribution in [1.29, 1.82) is 0 Å². The van der Waals surface area contributed by atoms with Crippen LogP contribution in [0.5, 0.6) is 0 Å². The smallest absolute Gasteiger partial charge is 0.165 e. The molecule has 0 bridgehead atoms. The maximum atomic E-state index is 7.06. The second-order valence-corrected chi connectivity index (χ2v) is 12.4. The first-order valence-electron chi connectivity index (χ1n) is 14.6. The zero-order valence-corrected chi connectivity index (χ0v) is 25.3. The molecule has 0 N–H and O–H groups in total. The molecule has 0 unspecified atom stereocenters. The van der Waals surface area contributed by atoms with Crippen LogP contribution in [-0.2, 0) is 0 Å². The number of thiophene rings is 1. The number of fused-ring (bicyclic) bond motifs is 6. The lowest BCUT2D eigenvalue weighted by molar-refractivity contribution is 0.669.